The van der Waals surface area contributed by atoms with Gasteiger partial charge in [-0.3, -0.25) is 0 Å². The summed E-state index contributed by atoms with van der Waals surface area (Å²) in [5.41, 5.74) is 3.22. The number of hydrogen-bond acceptors (Lipinski definition) is 1. The molecule has 0 bridgehead atoms. The molecule has 2 heteroatoms. The van der Waals surface area contributed by atoms with Crippen LogP contribution in [0.5, 0.6) is 0 Å². The molecule has 82 valence electrons. The third-order valence-corrected chi connectivity index (χ3v) is 3.76. The number of hydrogen-bond donors (Lipinski definition) is 1. The van der Waals surface area contributed by atoms with Crippen molar-refractivity contribution in [1.82, 2.24) is 5.32 Å². The second-order valence-corrected chi connectivity index (χ2v) is 4.55. The Morgan fingerprint density at radius 1 is 1.13 bits per heavy atom. The first-order chi connectivity index (χ1) is 6.95. The largest absolute Gasteiger partial charge is 0.313 e. The first kappa shape index (κ1) is 11.0. The van der Waals surface area contributed by atoms with Gasteiger partial charge in [-0.05, 0) is 49.3 Å². The predicted molar refractivity (Wildman–Crippen MR) is 65.8 cm³/mol. The van der Waals surface area contributed by atoms with Crippen molar-refractivity contribution in [3.05, 3.63) is 35.4 Å². The van der Waals surface area contributed by atoms with Crippen molar-refractivity contribution in [1.29, 1.82) is 0 Å². The fourth-order valence-corrected chi connectivity index (χ4v) is 3.06. The van der Waals surface area contributed by atoms with Crippen LogP contribution in [0.25, 0.3) is 0 Å². The van der Waals surface area contributed by atoms with Crippen LogP contribution in [0.4, 0.5) is 0 Å². The highest BCUT2D eigenvalue weighted by Crippen LogP contribution is 2.36. The zero-order valence-corrected chi connectivity index (χ0v) is 9.72. The maximum absolute atomic E-state index is 3.66. The van der Waals surface area contributed by atoms with Crippen molar-refractivity contribution < 1.29 is 0 Å². The van der Waals surface area contributed by atoms with Crippen LogP contribution in [-0.2, 0) is 6.42 Å². The summed E-state index contributed by atoms with van der Waals surface area (Å²) in [4.78, 5) is 0. The molecule has 1 aromatic rings. The standard InChI is InChI=1S/C13H17N.ClH/c1-2-5-11-10(4-1)7-8-13-12(11)6-3-9-14-13;/h1-2,4-5,12-14H,3,6-9H2;1H/t12-,13-;/m1./s1. The number of aryl methyl sites for hydroxylation is 1. The summed E-state index contributed by atoms with van der Waals surface area (Å²) in [6.07, 6.45) is 5.33. The molecule has 0 saturated carbocycles. The lowest BCUT2D eigenvalue weighted by Crippen LogP contribution is -2.42. The average Bonchev–Trinajstić information content (AvgIpc) is 2.29. The van der Waals surface area contributed by atoms with Crippen LogP contribution in [0, 0.1) is 0 Å². The van der Waals surface area contributed by atoms with E-state index in [1.54, 1.807) is 11.1 Å². The van der Waals surface area contributed by atoms with E-state index in [0.717, 1.165) is 12.0 Å². The zero-order chi connectivity index (χ0) is 9.38. The summed E-state index contributed by atoms with van der Waals surface area (Å²) < 4.78 is 0. The molecule has 1 heterocycles. The SMILES string of the molecule is Cl.c1ccc2c(c1)CC[C@H]1NCCC[C@H]21. The van der Waals surface area contributed by atoms with Crippen LogP contribution >= 0.6 is 12.4 Å². The molecule has 0 unspecified atom stereocenters. The molecule has 0 amide bonds. The molecule has 2 aliphatic rings. The molecular weight excluding hydrogens is 206 g/mol. The number of fused-ring (bicyclic) bond motifs is 3. The van der Waals surface area contributed by atoms with Gasteiger partial charge in [-0.15, -0.1) is 12.4 Å². The molecule has 15 heavy (non-hydrogen) atoms. The van der Waals surface area contributed by atoms with E-state index >= 15 is 0 Å². The molecule has 1 nitrogen and oxygen atoms in total. The topological polar surface area (TPSA) is 12.0 Å². The van der Waals surface area contributed by atoms with Gasteiger partial charge in [0.2, 0.25) is 0 Å². The summed E-state index contributed by atoms with van der Waals surface area (Å²) >= 11 is 0. The summed E-state index contributed by atoms with van der Waals surface area (Å²) in [7, 11) is 0. The molecule has 1 saturated heterocycles. The fraction of sp³-hybridized carbons (Fsp3) is 0.538. The van der Waals surface area contributed by atoms with Crippen molar-refractivity contribution in [3.63, 3.8) is 0 Å². The van der Waals surface area contributed by atoms with E-state index in [2.05, 4.69) is 29.6 Å². The molecule has 2 atom stereocenters. The highest BCUT2D eigenvalue weighted by Gasteiger charge is 2.30. The fourth-order valence-electron chi connectivity index (χ4n) is 3.06. The van der Waals surface area contributed by atoms with Gasteiger partial charge in [0.15, 0.2) is 0 Å². The molecule has 1 aromatic carbocycles. The van der Waals surface area contributed by atoms with Crippen LogP contribution in [0.15, 0.2) is 24.3 Å². The lowest BCUT2D eigenvalue weighted by Gasteiger charge is -2.37. The normalized spacial score (nSPS) is 28.5. The molecule has 1 N–H and O–H groups in total. The number of piperidine rings is 1. The number of nitrogens with one attached hydrogen (secondary N) is 1. The Balaban J connectivity index is 0.000000853. The predicted octanol–water partition coefficient (Wildman–Crippen LogP) is 2.89. The van der Waals surface area contributed by atoms with E-state index in [0.29, 0.717) is 0 Å². The third kappa shape index (κ3) is 1.91. The van der Waals surface area contributed by atoms with Crippen LogP contribution < -0.4 is 5.32 Å². The Hall–Kier alpha value is -0.530. The quantitative estimate of drug-likeness (QED) is 0.713. The van der Waals surface area contributed by atoms with Gasteiger partial charge < -0.3 is 5.32 Å². The summed E-state index contributed by atoms with van der Waals surface area (Å²) in [6, 6.07) is 9.77. The minimum Gasteiger partial charge on any atom is -0.313 e. The van der Waals surface area contributed by atoms with Gasteiger partial charge in [0, 0.05) is 6.04 Å². The summed E-state index contributed by atoms with van der Waals surface area (Å²) in [5, 5.41) is 3.66. The lowest BCUT2D eigenvalue weighted by atomic mass is 9.75. The van der Waals surface area contributed by atoms with Crippen molar-refractivity contribution in [3.8, 4) is 0 Å². The van der Waals surface area contributed by atoms with Gasteiger partial charge in [-0.1, -0.05) is 24.3 Å². The number of rotatable bonds is 0. The van der Waals surface area contributed by atoms with Gasteiger partial charge in [-0.25, -0.2) is 0 Å². The number of halogens is 1. The maximum Gasteiger partial charge on any atom is 0.0139 e. The van der Waals surface area contributed by atoms with Gasteiger partial charge in [-0.2, -0.15) is 0 Å². The molecule has 1 fully saturated rings. The van der Waals surface area contributed by atoms with Crippen LogP contribution in [0.1, 0.15) is 36.3 Å². The highest BCUT2D eigenvalue weighted by atomic mass is 35.5. The lowest BCUT2D eigenvalue weighted by molar-refractivity contribution is 0.319. The highest BCUT2D eigenvalue weighted by molar-refractivity contribution is 5.85. The molecule has 1 aliphatic heterocycles. The minimum atomic E-state index is 0. The van der Waals surface area contributed by atoms with E-state index in [1.807, 2.05) is 0 Å². The van der Waals surface area contributed by atoms with Crippen molar-refractivity contribution in [2.75, 3.05) is 6.54 Å². The number of benzene rings is 1. The van der Waals surface area contributed by atoms with Gasteiger partial charge in [0.25, 0.3) is 0 Å². The van der Waals surface area contributed by atoms with Crippen molar-refractivity contribution >= 4 is 12.4 Å². The van der Waals surface area contributed by atoms with Gasteiger partial charge in [0.1, 0.15) is 0 Å². The Morgan fingerprint density at radius 3 is 2.93 bits per heavy atom. The molecule has 1 aliphatic carbocycles. The smallest absolute Gasteiger partial charge is 0.0139 e. The van der Waals surface area contributed by atoms with Crippen molar-refractivity contribution in [2.45, 2.75) is 37.6 Å². The van der Waals surface area contributed by atoms with Gasteiger partial charge in [0.05, 0.1) is 0 Å². The Kier molecular flexibility index (Phi) is 3.32. The zero-order valence-electron chi connectivity index (χ0n) is 8.91. The average molecular weight is 224 g/mol. The molecule has 0 aromatic heterocycles. The van der Waals surface area contributed by atoms with Crippen LogP contribution in [0.2, 0.25) is 0 Å². The van der Waals surface area contributed by atoms with E-state index in [-0.39, 0.29) is 12.4 Å². The maximum atomic E-state index is 3.66. The van der Waals surface area contributed by atoms with E-state index in [9.17, 15) is 0 Å². The van der Waals surface area contributed by atoms with Crippen molar-refractivity contribution in [2.24, 2.45) is 0 Å². The minimum absolute atomic E-state index is 0. The second kappa shape index (κ2) is 4.54. The molecular formula is C13H18ClN. The van der Waals surface area contributed by atoms with Crippen LogP contribution in [-0.4, -0.2) is 12.6 Å². The van der Waals surface area contributed by atoms with E-state index < -0.39 is 0 Å². The summed E-state index contributed by atoms with van der Waals surface area (Å²) in [6.45, 7) is 1.23. The Bertz CT molecular complexity index is 337. The van der Waals surface area contributed by atoms with E-state index in [4.69, 9.17) is 0 Å². The first-order valence-electron chi connectivity index (χ1n) is 5.76. The molecule has 0 spiro atoms. The monoisotopic (exact) mass is 223 g/mol. The summed E-state index contributed by atoms with van der Waals surface area (Å²) in [5.74, 6) is 0.800. The molecule has 0 radical (unpaired) electrons. The van der Waals surface area contributed by atoms with Crippen LogP contribution in [0.3, 0.4) is 0 Å². The van der Waals surface area contributed by atoms with E-state index in [1.165, 1.54) is 32.2 Å². The molecule has 3 rings (SSSR count). The Morgan fingerprint density at radius 2 is 2.00 bits per heavy atom. The third-order valence-electron chi connectivity index (χ3n) is 3.76. The first-order valence-corrected chi connectivity index (χ1v) is 5.76. The second-order valence-electron chi connectivity index (χ2n) is 4.55. The van der Waals surface area contributed by atoms with Gasteiger partial charge >= 0.3 is 0 Å². The Labute approximate surface area is 97.7 Å².